The highest BCUT2D eigenvalue weighted by atomic mass is 16.5. The van der Waals surface area contributed by atoms with Gasteiger partial charge in [0.05, 0.1) is 14.2 Å². The van der Waals surface area contributed by atoms with Crippen LogP contribution in [0.2, 0.25) is 0 Å². The van der Waals surface area contributed by atoms with E-state index in [1.165, 1.54) is 12.8 Å². The Morgan fingerprint density at radius 2 is 2.00 bits per heavy atom. The highest BCUT2D eigenvalue weighted by Gasteiger charge is 2.21. The number of rotatable bonds is 5. The number of nitrogens with one attached hydrogen (secondary N) is 1. The summed E-state index contributed by atoms with van der Waals surface area (Å²) in [5.74, 6) is 1.74. The topological polar surface area (TPSA) is 56.5 Å². The van der Waals surface area contributed by atoms with E-state index in [0.717, 1.165) is 36.4 Å². The molecule has 1 fully saturated rings. The number of ether oxygens (including phenoxy) is 2. The zero-order valence-corrected chi connectivity index (χ0v) is 11.8. The van der Waals surface area contributed by atoms with Crippen LogP contribution < -0.4 is 20.5 Å². The minimum absolute atomic E-state index is 0.269. The molecule has 0 aromatic heterocycles. The van der Waals surface area contributed by atoms with Crippen molar-refractivity contribution < 1.29 is 9.47 Å². The fraction of sp³-hybridized carbons (Fsp3) is 0.600. The van der Waals surface area contributed by atoms with Crippen molar-refractivity contribution in [3.05, 3.63) is 23.8 Å². The summed E-state index contributed by atoms with van der Waals surface area (Å²) in [5.41, 5.74) is 7.26. The van der Waals surface area contributed by atoms with Crippen molar-refractivity contribution in [3.63, 3.8) is 0 Å². The van der Waals surface area contributed by atoms with Gasteiger partial charge in [-0.1, -0.05) is 12.8 Å². The van der Waals surface area contributed by atoms with Crippen molar-refractivity contribution >= 4 is 0 Å². The monoisotopic (exact) mass is 264 g/mol. The van der Waals surface area contributed by atoms with E-state index in [-0.39, 0.29) is 6.04 Å². The first-order valence-electron chi connectivity index (χ1n) is 6.94. The zero-order chi connectivity index (χ0) is 13.7. The standard InChI is InChI=1S/C15H24N2O2/c1-18-12-7-8-15(19-2)11(9-12)10-17-14-6-4-3-5-13(14)16/h7-9,13-14,17H,3-6,10,16H2,1-2H3. The van der Waals surface area contributed by atoms with Crippen LogP contribution in [0.25, 0.3) is 0 Å². The molecule has 1 aliphatic rings. The molecule has 2 unspecified atom stereocenters. The first kappa shape index (κ1) is 14.2. The molecule has 1 aromatic rings. The van der Waals surface area contributed by atoms with E-state index < -0.39 is 0 Å². The van der Waals surface area contributed by atoms with Gasteiger partial charge in [-0.05, 0) is 31.0 Å². The quantitative estimate of drug-likeness (QED) is 0.854. The molecule has 0 radical (unpaired) electrons. The SMILES string of the molecule is COc1ccc(OC)c(CNC2CCCCC2N)c1. The molecule has 0 bridgehead atoms. The number of hydrogen-bond acceptors (Lipinski definition) is 4. The van der Waals surface area contributed by atoms with Gasteiger partial charge in [0.1, 0.15) is 11.5 Å². The van der Waals surface area contributed by atoms with Crippen LogP contribution >= 0.6 is 0 Å². The molecule has 0 aliphatic heterocycles. The number of benzene rings is 1. The third-order valence-electron chi connectivity index (χ3n) is 3.86. The van der Waals surface area contributed by atoms with Gasteiger partial charge in [-0.3, -0.25) is 0 Å². The van der Waals surface area contributed by atoms with E-state index in [1.54, 1.807) is 14.2 Å². The molecule has 0 saturated heterocycles. The van der Waals surface area contributed by atoms with Gasteiger partial charge in [0.25, 0.3) is 0 Å². The first-order valence-corrected chi connectivity index (χ1v) is 6.94. The summed E-state index contributed by atoms with van der Waals surface area (Å²) in [6.07, 6.45) is 4.79. The lowest BCUT2D eigenvalue weighted by Gasteiger charge is -2.29. The molecule has 1 aromatic carbocycles. The van der Waals surface area contributed by atoms with E-state index in [2.05, 4.69) is 5.32 Å². The molecule has 1 saturated carbocycles. The lowest BCUT2D eigenvalue weighted by Crippen LogP contribution is -2.46. The zero-order valence-electron chi connectivity index (χ0n) is 11.8. The van der Waals surface area contributed by atoms with E-state index >= 15 is 0 Å². The van der Waals surface area contributed by atoms with Gasteiger partial charge in [-0.2, -0.15) is 0 Å². The van der Waals surface area contributed by atoms with Crippen LogP contribution in [0.3, 0.4) is 0 Å². The Labute approximate surface area is 115 Å². The third-order valence-corrected chi connectivity index (χ3v) is 3.86. The predicted molar refractivity (Wildman–Crippen MR) is 76.6 cm³/mol. The maximum atomic E-state index is 6.15. The second kappa shape index (κ2) is 6.78. The molecule has 0 heterocycles. The summed E-state index contributed by atoms with van der Waals surface area (Å²) >= 11 is 0. The highest BCUT2D eigenvalue weighted by Crippen LogP contribution is 2.24. The first-order chi connectivity index (χ1) is 9.24. The van der Waals surface area contributed by atoms with Crippen LogP contribution in [0.4, 0.5) is 0 Å². The Morgan fingerprint density at radius 3 is 2.68 bits per heavy atom. The average molecular weight is 264 g/mol. The van der Waals surface area contributed by atoms with Gasteiger partial charge in [-0.25, -0.2) is 0 Å². The average Bonchev–Trinajstić information content (AvgIpc) is 2.46. The third kappa shape index (κ3) is 3.61. The van der Waals surface area contributed by atoms with Crippen molar-refractivity contribution in [1.82, 2.24) is 5.32 Å². The van der Waals surface area contributed by atoms with E-state index in [1.807, 2.05) is 18.2 Å². The normalized spacial score (nSPS) is 23.1. The minimum Gasteiger partial charge on any atom is -0.497 e. The molecule has 19 heavy (non-hydrogen) atoms. The molecule has 0 spiro atoms. The molecular weight excluding hydrogens is 240 g/mol. The maximum Gasteiger partial charge on any atom is 0.123 e. The molecule has 106 valence electrons. The fourth-order valence-corrected chi connectivity index (χ4v) is 2.67. The van der Waals surface area contributed by atoms with E-state index in [4.69, 9.17) is 15.2 Å². The number of methoxy groups -OCH3 is 2. The molecule has 1 aliphatic carbocycles. The molecule has 3 N–H and O–H groups in total. The summed E-state index contributed by atoms with van der Waals surface area (Å²) in [7, 11) is 3.37. The van der Waals surface area contributed by atoms with Crippen LogP contribution in [-0.4, -0.2) is 26.3 Å². The summed E-state index contributed by atoms with van der Waals surface area (Å²) < 4.78 is 10.6. The van der Waals surface area contributed by atoms with Crippen LogP contribution in [0, 0.1) is 0 Å². The van der Waals surface area contributed by atoms with Crippen molar-refractivity contribution in [2.24, 2.45) is 5.73 Å². The van der Waals surface area contributed by atoms with E-state index in [9.17, 15) is 0 Å². The number of hydrogen-bond donors (Lipinski definition) is 2. The maximum absolute atomic E-state index is 6.15. The summed E-state index contributed by atoms with van der Waals surface area (Å²) in [4.78, 5) is 0. The second-order valence-electron chi connectivity index (χ2n) is 5.11. The molecular formula is C15H24N2O2. The van der Waals surface area contributed by atoms with Crippen LogP contribution in [0.1, 0.15) is 31.2 Å². The highest BCUT2D eigenvalue weighted by molar-refractivity contribution is 5.40. The largest absolute Gasteiger partial charge is 0.497 e. The Bertz CT molecular complexity index is 409. The lowest BCUT2D eigenvalue weighted by molar-refractivity contribution is 0.323. The van der Waals surface area contributed by atoms with Gasteiger partial charge in [0.15, 0.2) is 0 Å². The van der Waals surface area contributed by atoms with Crippen molar-refractivity contribution in [3.8, 4) is 11.5 Å². The lowest BCUT2D eigenvalue weighted by atomic mass is 9.91. The number of nitrogens with two attached hydrogens (primary N) is 1. The van der Waals surface area contributed by atoms with Crippen LogP contribution in [0.5, 0.6) is 11.5 Å². The fourth-order valence-electron chi connectivity index (χ4n) is 2.67. The van der Waals surface area contributed by atoms with Gasteiger partial charge in [0.2, 0.25) is 0 Å². The Balaban J connectivity index is 2.01. The van der Waals surface area contributed by atoms with Gasteiger partial charge in [-0.15, -0.1) is 0 Å². The predicted octanol–water partition coefficient (Wildman–Crippen LogP) is 2.06. The van der Waals surface area contributed by atoms with Crippen LogP contribution in [-0.2, 0) is 6.54 Å². The van der Waals surface area contributed by atoms with Crippen molar-refractivity contribution in [1.29, 1.82) is 0 Å². The van der Waals surface area contributed by atoms with Gasteiger partial charge >= 0.3 is 0 Å². The summed E-state index contributed by atoms with van der Waals surface area (Å²) in [6, 6.07) is 6.54. The molecule has 2 rings (SSSR count). The Kier molecular flexibility index (Phi) is 5.05. The van der Waals surface area contributed by atoms with Gasteiger partial charge in [0, 0.05) is 24.2 Å². The summed E-state index contributed by atoms with van der Waals surface area (Å²) in [6.45, 7) is 0.763. The minimum atomic E-state index is 0.269. The van der Waals surface area contributed by atoms with Gasteiger partial charge < -0.3 is 20.5 Å². The van der Waals surface area contributed by atoms with E-state index in [0.29, 0.717) is 6.04 Å². The van der Waals surface area contributed by atoms with Crippen LogP contribution in [0.15, 0.2) is 18.2 Å². The van der Waals surface area contributed by atoms with Crippen molar-refractivity contribution in [2.45, 2.75) is 44.3 Å². The van der Waals surface area contributed by atoms with Crippen molar-refractivity contribution in [2.75, 3.05) is 14.2 Å². The second-order valence-corrected chi connectivity index (χ2v) is 5.11. The smallest absolute Gasteiger partial charge is 0.123 e. The molecule has 2 atom stereocenters. The molecule has 4 nitrogen and oxygen atoms in total. The molecule has 0 amide bonds. The Morgan fingerprint density at radius 1 is 1.21 bits per heavy atom. The Hall–Kier alpha value is -1.26. The molecule has 4 heteroatoms. The summed E-state index contributed by atoms with van der Waals surface area (Å²) in [5, 5.41) is 3.55.